The molecule has 2 aliphatic heterocycles. The van der Waals surface area contributed by atoms with Crippen LogP contribution in [0.5, 0.6) is 11.5 Å². The molecule has 0 fully saturated rings. The molecule has 2 aliphatic rings. The number of rotatable bonds is 6. The summed E-state index contributed by atoms with van der Waals surface area (Å²) in [5.41, 5.74) is 1.86. The lowest BCUT2D eigenvalue weighted by molar-refractivity contribution is -0.146. The van der Waals surface area contributed by atoms with Crippen LogP contribution in [0, 0.1) is 0 Å². The molecule has 0 radical (unpaired) electrons. The fraction of sp³-hybridized carbons (Fsp3) is 0.364. The van der Waals surface area contributed by atoms with Gasteiger partial charge in [-0.1, -0.05) is 18.2 Å². The van der Waals surface area contributed by atoms with Crippen molar-refractivity contribution in [3.8, 4) is 11.5 Å². The highest BCUT2D eigenvalue weighted by Gasteiger charge is 2.31. The predicted molar refractivity (Wildman–Crippen MR) is 115 cm³/mol. The topological polar surface area (TPSA) is 111 Å². The van der Waals surface area contributed by atoms with E-state index in [1.807, 2.05) is 31.2 Å². The van der Waals surface area contributed by atoms with Crippen molar-refractivity contribution >= 4 is 27.6 Å². The number of carbonyl (C=O) groups is 2. The molecule has 1 amide bonds. The molecule has 1 atom stereocenters. The van der Waals surface area contributed by atoms with Crippen LogP contribution in [0.25, 0.3) is 0 Å². The average molecular weight is 461 g/mol. The highest BCUT2D eigenvalue weighted by Crippen LogP contribution is 2.32. The lowest BCUT2D eigenvalue weighted by Crippen LogP contribution is -2.39. The number of hydrogen-bond acceptors (Lipinski definition) is 7. The maximum absolute atomic E-state index is 12.6. The van der Waals surface area contributed by atoms with E-state index in [1.54, 1.807) is 4.90 Å². The fourth-order valence-corrected chi connectivity index (χ4v) is 4.74. The molecule has 32 heavy (non-hydrogen) atoms. The molecule has 4 rings (SSSR count). The van der Waals surface area contributed by atoms with Crippen molar-refractivity contribution in [2.24, 2.45) is 0 Å². The summed E-state index contributed by atoms with van der Waals surface area (Å²) in [5, 5.41) is 0. The highest BCUT2D eigenvalue weighted by atomic mass is 32.2. The van der Waals surface area contributed by atoms with Gasteiger partial charge in [-0.25, -0.2) is 8.42 Å². The van der Waals surface area contributed by atoms with Crippen molar-refractivity contribution in [2.75, 3.05) is 31.3 Å². The number of amides is 1. The number of ether oxygens (including phenoxy) is 3. The number of hydrogen-bond donors (Lipinski definition) is 1. The van der Waals surface area contributed by atoms with E-state index in [0.29, 0.717) is 31.1 Å². The number of fused-ring (bicyclic) bond motifs is 2. The predicted octanol–water partition coefficient (Wildman–Crippen LogP) is 1.65. The molecular weight excluding hydrogens is 436 g/mol. The van der Waals surface area contributed by atoms with E-state index in [0.717, 1.165) is 17.7 Å². The van der Waals surface area contributed by atoms with Gasteiger partial charge in [-0.15, -0.1) is 0 Å². The summed E-state index contributed by atoms with van der Waals surface area (Å²) in [6, 6.07) is 11.8. The summed E-state index contributed by atoms with van der Waals surface area (Å²) in [6.45, 7) is 1.76. The van der Waals surface area contributed by atoms with Crippen molar-refractivity contribution < 1.29 is 32.2 Å². The molecule has 0 aromatic heterocycles. The Morgan fingerprint density at radius 1 is 1.12 bits per heavy atom. The van der Waals surface area contributed by atoms with Crippen molar-refractivity contribution in [2.45, 2.75) is 30.7 Å². The van der Waals surface area contributed by atoms with Crippen LogP contribution in [0.1, 0.15) is 18.9 Å². The molecule has 0 saturated heterocycles. The molecule has 0 aliphatic carbocycles. The Hall–Kier alpha value is -3.11. The van der Waals surface area contributed by atoms with Gasteiger partial charge in [0, 0.05) is 24.2 Å². The van der Waals surface area contributed by atoms with Crippen molar-refractivity contribution in [1.82, 2.24) is 4.72 Å². The Kier molecular flexibility index (Phi) is 6.33. The van der Waals surface area contributed by atoms with E-state index in [9.17, 15) is 18.0 Å². The number of carbonyl (C=O) groups excluding carboxylic acids is 2. The Labute approximate surface area is 186 Å². The molecule has 1 N–H and O–H groups in total. The lowest BCUT2D eigenvalue weighted by Gasteiger charge is -2.22. The van der Waals surface area contributed by atoms with Crippen LogP contribution in [0.15, 0.2) is 47.4 Å². The highest BCUT2D eigenvalue weighted by molar-refractivity contribution is 7.89. The molecule has 2 aromatic rings. The van der Waals surface area contributed by atoms with Crippen LogP contribution in [-0.4, -0.2) is 52.7 Å². The molecule has 2 heterocycles. The molecule has 0 bridgehead atoms. The van der Waals surface area contributed by atoms with Crippen molar-refractivity contribution in [3.63, 3.8) is 0 Å². The van der Waals surface area contributed by atoms with Crippen LogP contribution in [0.4, 0.5) is 5.69 Å². The summed E-state index contributed by atoms with van der Waals surface area (Å²) in [6.07, 6.45) is 1.42. The van der Waals surface area contributed by atoms with Gasteiger partial charge in [0.15, 0.2) is 18.1 Å². The minimum Gasteiger partial charge on any atom is -0.490 e. The number of sulfonamides is 1. The van der Waals surface area contributed by atoms with E-state index < -0.39 is 29.1 Å². The molecule has 0 spiro atoms. The first kappa shape index (κ1) is 22.1. The van der Waals surface area contributed by atoms with Crippen molar-refractivity contribution in [1.29, 1.82) is 0 Å². The number of nitrogens with one attached hydrogen (secondary N) is 1. The zero-order valence-corrected chi connectivity index (χ0v) is 18.4. The normalized spacial score (nSPS) is 17.4. The largest absolute Gasteiger partial charge is 0.490 e. The van der Waals surface area contributed by atoms with Crippen LogP contribution in [-0.2, 0) is 30.8 Å². The number of nitrogens with zero attached hydrogens (tertiary/aromatic N) is 1. The van der Waals surface area contributed by atoms with E-state index >= 15 is 0 Å². The molecule has 0 saturated carbocycles. The van der Waals surface area contributed by atoms with Crippen LogP contribution in [0.2, 0.25) is 0 Å². The zero-order chi connectivity index (χ0) is 22.7. The number of benzene rings is 2. The van der Waals surface area contributed by atoms with Crippen LogP contribution < -0.4 is 19.1 Å². The molecule has 170 valence electrons. The van der Waals surface area contributed by atoms with Crippen molar-refractivity contribution in [3.05, 3.63) is 48.0 Å². The molecule has 10 heteroatoms. The summed E-state index contributed by atoms with van der Waals surface area (Å²) in [4.78, 5) is 26.2. The Morgan fingerprint density at radius 3 is 2.69 bits per heavy atom. The first-order valence-corrected chi connectivity index (χ1v) is 11.8. The maximum atomic E-state index is 12.6. The van der Waals surface area contributed by atoms with Gasteiger partial charge in [-0.05, 0) is 37.1 Å². The van der Waals surface area contributed by atoms with Gasteiger partial charge < -0.3 is 19.1 Å². The summed E-state index contributed by atoms with van der Waals surface area (Å²) >= 11 is 0. The van der Waals surface area contributed by atoms with Gasteiger partial charge in [-0.2, -0.15) is 4.72 Å². The summed E-state index contributed by atoms with van der Waals surface area (Å²) in [5.74, 6) is -0.409. The van der Waals surface area contributed by atoms with Gasteiger partial charge >= 0.3 is 5.97 Å². The summed E-state index contributed by atoms with van der Waals surface area (Å²) in [7, 11) is -3.99. The quantitative estimate of drug-likeness (QED) is 0.653. The second kappa shape index (κ2) is 9.17. The maximum Gasteiger partial charge on any atom is 0.321 e. The molecule has 1 unspecified atom stereocenters. The molecule has 9 nitrogen and oxygen atoms in total. The third-order valence-electron chi connectivity index (χ3n) is 5.27. The lowest BCUT2D eigenvalue weighted by atomic mass is 10.1. The zero-order valence-electron chi connectivity index (χ0n) is 17.6. The second-order valence-electron chi connectivity index (χ2n) is 7.59. The Bertz CT molecular complexity index is 1130. The van der Waals surface area contributed by atoms with Crippen LogP contribution in [0.3, 0.4) is 0 Å². The van der Waals surface area contributed by atoms with E-state index in [-0.39, 0.29) is 16.8 Å². The molecule has 2 aromatic carbocycles. The minimum atomic E-state index is -3.99. The van der Waals surface area contributed by atoms with Gasteiger partial charge in [-0.3, -0.25) is 9.59 Å². The first-order valence-electron chi connectivity index (χ1n) is 10.3. The van der Waals surface area contributed by atoms with E-state index in [2.05, 4.69) is 4.72 Å². The van der Waals surface area contributed by atoms with Gasteiger partial charge in [0.25, 0.3) is 5.91 Å². The monoisotopic (exact) mass is 460 g/mol. The number of para-hydroxylation sites is 1. The Balaban J connectivity index is 1.32. The summed E-state index contributed by atoms with van der Waals surface area (Å²) < 4.78 is 43.3. The average Bonchev–Trinajstić information content (AvgIpc) is 2.94. The standard InChI is InChI=1S/C22H24N2O7S/c1-15-11-16-5-2-3-6-18(16)24(15)21(25)14-31-22(26)13-23-32(27,28)17-7-8-19-20(12-17)30-10-4-9-29-19/h2-3,5-8,12,15,23H,4,9-11,13-14H2,1H3. The second-order valence-corrected chi connectivity index (χ2v) is 9.36. The van der Waals surface area contributed by atoms with Crippen LogP contribution >= 0.6 is 0 Å². The Morgan fingerprint density at radius 2 is 1.88 bits per heavy atom. The number of esters is 1. The number of anilines is 1. The smallest absolute Gasteiger partial charge is 0.321 e. The third-order valence-corrected chi connectivity index (χ3v) is 6.67. The molecular formula is C22H24N2O7S. The third kappa shape index (κ3) is 4.71. The van der Waals surface area contributed by atoms with Gasteiger partial charge in [0.1, 0.15) is 6.54 Å². The van der Waals surface area contributed by atoms with E-state index in [4.69, 9.17) is 14.2 Å². The minimum absolute atomic E-state index is 0.0449. The first-order chi connectivity index (χ1) is 15.3. The fourth-order valence-electron chi connectivity index (χ4n) is 3.76. The van der Waals surface area contributed by atoms with Gasteiger partial charge in [0.05, 0.1) is 18.1 Å². The van der Waals surface area contributed by atoms with E-state index in [1.165, 1.54) is 18.2 Å². The SMILES string of the molecule is CC1Cc2ccccc2N1C(=O)COC(=O)CNS(=O)(=O)c1ccc2c(c1)OCCCO2. The van der Waals surface area contributed by atoms with Gasteiger partial charge in [0.2, 0.25) is 10.0 Å².